The number of amides is 1. The van der Waals surface area contributed by atoms with E-state index in [9.17, 15) is 4.79 Å². The molecule has 26 heavy (non-hydrogen) atoms. The Labute approximate surface area is 159 Å². The lowest BCUT2D eigenvalue weighted by Gasteiger charge is -2.26. The quantitative estimate of drug-likeness (QED) is 0.750. The summed E-state index contributed by atoms with van der Waals surface area (Å²) in [7, 11) is 0. The summed E-state index contributed by atoms with van der Waals surface area (Å²) in [5.41, 5.74) is 3.00. The third kappa shape index (κ3) is 4.64. The molecule has 1 heterocycles. The van der Waals surface area contributed by atoms with Gasteiger partial charge in [0.1, 0.15) is 0 Å². The van der Waals surface area contributed by atoms with Crippen LogP contribution in [0.4, 0.5) is 0 Å². The Kier molecular flexibility index (Phi) is 5.94. The molecule has 0 saturated heterocycles. The minimum Gasteiger partial charge on any atom is -0.390 e. The molecule has 0 aliphatic carbocycles. The van der Waals surface area contributed by atoms with Gasteiger partial charge in [-0.15, -0.1) is 0 Å². The van der Waals surface area contributed by atoms with Crippen molar-refractivity contribution in [1.29, 1.82) is 0 Å². The van der Waals surface area contributed by atoms with Crippen LogP contribution in [0, 0.1) is 5.92 Å². The predicted octanol–water partition coefficient (Wildman–Crippen LogP) is 4.52. The smallest absolute Gasteiger partial charge is 0.225 e. The molecule has 4 nitrogen and oxygen atoms in total. The second kappa shape index (κ2) is 8.37. The molecule has 5 heteroatoms. The Bertz CT molecular complexity index is 772. The van der Waals surface area contributed by atoms with Crippen molar-refractivity contribution < 1.29 is 9.63 Å². The van der Waals surface area contributed by atoms with Crippen LogP contribution in [0.1, 0.15) is 31.4 Å². The maximum atomic E-state index is 12.6. The first-order chi connectivity index (χ1) is 12.5. The molecule has 0 N–H and O–H groups in total. The van der Waals surface area contributed by atoms with Crippen LogP contribution in [-0.2, 0) is 16.2 Å². The normalized spacial score (nSPS) is 16.3. The van der Waals surface area contributed by atoms with Gasteiger partial charge >= 0.3 is 0 Å². The molecule has 0 saturated carbocycles. The van der Waals surface area contributed by atoms with Crippen molar-refractivity contribution in [3.05, 3.63) is 70.7 Å². The second-order valence-corrected chi connectivity index (χ2v) is 7.27. The lowest BCUT2D eigenvalue weighted by molar-refractivity contribution is -0.136. The third-order valence-corrected chi connectivity index (χ3v) is 4.61. The molecular formula is C21H23ClN2O2. The molecule has 0 bridgehead atoms. The van der Waals surface area contributed by atoms with Crippen molar-refractivity contribution in [3.63, 3.8) is 0 Å². The van der Waals surface area contributed by atoms with E-state index in [1.54, 1.807) is 0 Å². The van der Waals surface area contributed by atoms with Crippen molar-refractivity contribution in [3.8, 4) is 0 Å². The van der Waals surface area contributed by atoms with Crippen LogP contribution in [0.3, 0.4) is 0 Å². The molecule has 1 aliphatic heterocycles. The van der Waals surface area contributed by atoms with E-state index in [2.05, 4.69) is 5.16 Å². The van der Waals surface area contributed by atoms with Crippen molar-refractivity contribution in [2.45, 2.75) is 32.9 Å². The fourth-order valence-corrected chi connectivity index (χ4v) is 3.11. The second-order valence-electron chi connectivity index (χ2n) is 6.84. The van der Waals surface area contributed by atoms with Crippen LogP contribution in [0.5, 0.6) is 0 Å². The zero-order valence-corrected chi connectivity index (χ0v) is 15.8. The van der Waals surface area contributed by atoms with Gasteiger partial charge in [0.15, 0.2) is 6.10 Å². The van der Waals surface area contributed by atoms with Gasteiger partial charge in [0, 0.05) is 23.9 Å². The summed E-state index contributed by atoms with van der Waals surface area (Å²) in [6.45, 7) is 4.94. The van der Waals surface area contributed by atoms with E-state index in [0.717, 1.165) is 16.8 Å². The topological polar surface area (TPSA) is 41.9 Å². The molecule has 0 spiro atoms. The fourth-order valence-electron chi connectivity index (χ4n) is 2.99. The number of nitrogens with zero attached hydrogens (tertiary/aromatic N) is 2. The number of carbonyl (C=O) groups excluding carboxylic acids is 1. The third-order valence-electron chi connectivity index (χ3n) is 4.36. The van der Waals surface area contributed by atoms with E-state index in [4.69, 9.17) is 16.4 Å². The van der Waals surface area contributed by atoms with Crippen LogP contribution < -0.4 is 0 Å². The number of oxime groups is 1. The highest BCUT2D eigenvalue weighted by Gasteiger charge is 2.27. The van der Waals surface area contributed by atoms with Gasteiger partial charge in [-0.05, 0) is 23.3 Å². The van der Waals surface area contributed by atoms with E-state index in [0.29, 0.717) is 24.5 Å². The van der Waals surface area contributed by atoms with E-state index < -0.39 is 0 Å². The van der Waals surface area contributed by atoms with Crippen LogP contribution in [0.25, 0.3) is 0 Å². The maximum absolute atomic E-state index is 12.6. The van der Waals surface area contributed by atoms with Gasteiger partial charge in [-0.1, -0.05) is 73.1 Å². The molecule has 2 aromatic rings. The first-order valence-electron chi connectivity index (χ1n) is 8.84. The van der Waals surface area contributed by atoms with Crippen LogP contribution >= 0.6 is 11.6 Å². The van der Waals surface area contributed by atoms with Crippen LogP contribution in [0.15, 0.2) is 59.8 Å². The van der Waals surface area contributed by atoms with E-state index in [-0.39, 0.29) is 17.9 Å². The Morgan fingerprint density at radius 2 is 1.88 bits per heavy atom. The Morgan fingerprint density at radius 3 is 2.54 bits per heavy atom. The average molecular weight is 371 g/mol. The van der Waals surface area contributed by atoms with Gasteiger partial charge in [-0.3, -0.25) is 4.79 Å². The monoisotopic (exact) mass is 370 g/mol. The number of rotatable bonds is 6. The number of carbonyl (C=O) groups is 1. The summed E-state index contributed by atoms with van der Waals surface area (Å²) >= 11 is 5.94. The highest BCUT2D eigenvalue weighted by atomic mass is 35.5. The Hall–Kier alpha value is -2.33. The molecule has 1 aliphatic rings. The van der Waals surface area contributed by atoms with Crippen LogP contribution in [-0.4, -0.2) is 29.2 Å². The van der Waals surface area contributed by atoms with Crippen LogP contribution in [0.2, 0.25) is 5.02 Å². The van der Waals surface area contributed by atoms with Crippen molar-refractivity contribution in [2.75, 3.05) is 6.54 Å². The van der Waals surface area contributed by atoms with Crippen molar-refractivity contribution in [1.82, 2.24) is 4.90 Å². The molecule has 1 amide bonds. The van der Waals surface area contributed by atoms with E-state index >= 15 is 0 Å². The lowest BCUT2D eigenvalue weighted by atomic mass is 10.0. The number of hydrogen-bond acceptors (Lipinski definition) is 3. The standard InChI is InChI=1S/C21H23ClN2O2/c1-15(2)21(25)24(13-16-6-4-3-5-7-16)14-19-12-20(23-26-19)17-8-10-18(22)11-9-17/h3-11,15,19H,12-14H2,1-2H3. The van der Waals surface area contributed by atoms with Gasteiger partial charge < -0.3 is 9.74 Å². The number of halogens is 1. The highest BCUT2D eigenvalue weighted by molar-refractivity contribution is 6.30. The molecule has 2 aromatic carbocycles. The van der Waals surface area contributed by atoms with E-state index in [1.165, 1.54) is 0 Å². The lowest BCUT2D eigenvalue weighted by Crippen LogP contribution is -2.39. The van der Waals surface area contributed by atoms with Gasteiger partial charge in [0.2, 0.25) is 5.91 Å². The van der Waals surface area contributed by atoms with E-state index in [1.807, 2.05) is 73.3 Å². The molecule has 0 radical (unpaired) electrons. The Balaban J connectivity index is 1.66. The molecule has 1 atom stereocenters. The fraction of sp³-hybridized carbons (Fsp3) is 0.333. The summed E-state index contributed by atoms with van der Waals surface area (Å²) < 4.78 is 0. The Morgan fingerprint density at radius 1 is 1.19 bits per heavy atom. The number of benzene rings is 2. The van der Waals surface area contributed by atoms with Gasteiger partial charge in [0.05, 0.1) is 12.3 Å². The summed E-state index contributed by atoms with van der Waals surface area (Å²) in [6, 6.07) is 17.6. The zero-order valence-electron chi connectivity index (χ0n) is 15.1. The summed E-state index contributed by atoms with van der Waals surface area (Å²) in [6.07, 6.45) is 0.547. The minimum absolute atomic E-state index is 0.0585. The first-order valence-corrected chi connectivity index (χ1v) is 9.22. The molecule has 0 aromatic heterocycles. The first kappa shape index (κ1) is 18.5. The summed E-state index contributed by atoms with van der Waals surface area (Å²) in [4.78, 5) is 20.1. The molecule has 136 valence electrons. The van der Waals surface area contributed by atoms with Crippen molar-refractivity contribution >= 4 is 23.2 Å². The minimum atomic E-state index is -0.132. The highest BCUT2D eigenvalue weighted by Crippen LogP contribution is 2.21. The van der Waals surface area contributed by atoms with Gasteiger partial charge in [-0.25, -0.2) is 0 Å². The maximum Gasteiger partial charge on any atom is 0.225 e. The SMILES string of the molecule is CC(C)C(=O)N(Cc1ccccc1)CC1CC(c2ccc(Cl)cc2)=NO1. The number of hydrogen-bond donors (Lipinski definition) is 0. The molecular weight excluding hydrogens is 348 g/mol. The zero-order chi connectivity index (χ0) is 18.5. The predicted molar refractivity (Wildman–Crippen MR) is 104 cm³/mol. The average Bonchev–Trinajstić information content (AvgIpc) is 3.10. The summed E-state index contributed by atoms with van der Waals surface area (Å²) in [5.74, 6) is 0.0640. The van der Waals surface area contributed by atoms with Crippen molar-refractivity contribution in [2.24, 2.45) is 11.1 Å². The summed E-state index contributed by atoms with van der Waals surface area (Å²) in [5, 5.41) is 4.91. The largest absolute Gasteiger partial charge is 0.390 e. The molecule has 0 fully saturated rings. The van der Waals surface area contributed by atoms with Gasteiger partial charge in [0.25, 0.3) is 0 Å². The molecule has 1 unspecified atom stereocenters. The molecule has 3 rings (SSSR count). The van der Waals surface area contributed by atoms with Gasteiger partial charge in [-0.2, -0.15) is 0 Å².